The molecule has 0 saturated carbocycles. The fourth-order valence-electron chi connectivity index (χ4n) is 3.13. The summed E-state index contributed by atoms with van der Waals surface area (Å²) >= 11 is 0. The van der Waals surface area contributed by atoms with E-state index in [0.29, 0.717) is 25.9 Å². The van der Waals surface area contributed by atoms with Gasteiger partial charge in [-0.15, -0.1) is 6.58 Å². The zero-order chi connectivity index (χ0) is 17.5. The van der Waals surface area contributed by atoms with Gasteiger partial charge in [-0.2, -0.15) is 0 Å². The normalized spacial score (nSPS) is 14.7. The van der Waals surface area contributed by atoms with Crippen molar-refractivity contribution in [1.29, 1.82) is 0 Å². The molecule has 1 heterocycles. The summed E-state index contributed by atoms with van der Waals surface area (Å²) in [6, 6.07) is 3.79. The molecule has 1 aromatic carbocycles. The van der Waals surface area contributed by atoms with Gasteiger partial charge in [-0.3, -0.25) is 9.69 Å². The van der Waals surface area contributed by atoms with Gasteiger partial charge < -0.3 is 14.5 Å². The smallest absolute Gasteiger partial charge is 0.210 e. The predicted molar refractivity (Wildman–Crippen MR) is 92.2 cm³/mol. The van der Waals surface area contributed by atoms with E-state index >= 15 is 0 Å². The Labute approximate surface area is 142 Å². The highest BCUT2D eigenvalue weighted by atomic mass is 16.1. The van der Waals surface area contributed by atoms with Crippen molar-refractivity contribution in [3.63, 3.8) is 0 Å². The Balaban J connectivity index is 2.16. The summed E-state index contributed by atoms with van der Waals surface area (Å²) in [7, 11) is 0. The van der Waals surface area contributed by atoms with Gasteiger partial charge in [0.25, 0.3) is 0 Å². The maximum atomic E-state index is 11.4. The van der Waals surface area contributed by atoms with Crippen LogP contribution >= 0.6 is 0 Å². The Hall–Kier alpha value is -2.27. The monoisotopic (exact) mass is 328 g/mol. The van der Waals surface area contributed by atoms with Gasteiger partial charge in [0.15, 0.2) is 0 Å². The number of fused-ring (bicyclic) bond motifs is 1. The fraction of sp³-hybridized carbons (Fsp3) is 0.421. The second-order valence-electron chi connectivity index (χ2n) is 6.23. The van der Waals surface area contributed by atoms with E-state index in [1.54, 1.807) is 11.0 Å². The lowest BCUT2D eigenvalue weighted by Crippen LogP contribution is -2.35. The molecule has 5 heteroatoms. The minimum absolute atomic E-state index is 0.414. The molecule has 5 nitrogen and oxygen atoms in total. The van der Waals surface area contributed by atoms with E-state index in [2.05, 4.69) is 23.6 Å². The van der Waals surface area contributed by atoms with Crippen molar-refractivity contribution < 1.29 is 14.4 Å². The average Bonchev–Trinajstić information content (AvgIpc) is 2.95. The highest BCUT2D eigenvalue weighted by Crippen LogP contribution is 2.26. The Morgan fingerprint density at radius 3 is 2.54 bits per heavy atom. The third kappa shape index (κ3) is 4.17. The fourth-order valence-corrected chi connectivity index (χ4v) is 3.13. The zero-order valence-electron chi connectivity index (χ0n) is 14.1. The topological polar surface area (TPSA) is 57.7 Å². The third-order valence-corrected chi connectivity index (χ3v) is 4.52. The number of carbonyl (C=O) groups is 3. The van der Waals surface area contributed by atoms with Crippen molar-refractivity contribution in [2.24, 2.45) is 0 Å². The van der Waals surface area contributed by atoms with Crippen LogP contribution in [0.15, 0.2) is 24.8 Å². The van der Waals surface area contributed by atoms with Crippen LogP contribution in [0.5, 0.6) is 0 Å². The lowest BCUT2D eigenvalue weighted by atomic mass is 10.00. The molecule has 0 aliphatic carbocycles. The maximum absolute atomic E-state index is 11.4. The van der Waals surface area contributed by atoms with Crippen LogP contribution in [0.25, 0.3) is 0 Å². The van der Waals surface area contributed by atoms with Gasteiger partial charge in [0.05, 0.1) is 12.6 Å². The van der Waals surface area contributed by atoms with Gasteiger partial charge in [-0.05, 0) is 42.0 Å². The van der Waals surface area contributed by atoms with Crippen LogP contribution in [0, 0.1) is 6.92 Å². The molecular weight excluding hydrogens is 304 g/mol. The SMILES string of the molecule is C=CCCC(C=O)N(C=O)Cc1cc2c(cc1C)CN(CC=O)C2. The zero-order valence-corrected chi connectivity index (χ0v) is 14.1. The van der Waals surface area contributed by atoms with Crippen LogP contribution in [-0.2, 0) is 34.0 Å². The molecule has 0 spiro atoms. The average molecular weight is 328 g/mol. The minimum Gasteiger partial charge on any atom is -0.331 e. The lowest BCUT2D eigenvalue weighted by Gasteiger charge is -2.25. The van der Waals surface area contributed by atoms with Gasteiger partial charge in [-0.1, -0.05) is 18.2 Å². The molecule has 1 atom stereocenters. The lowest BCUT2D eigenvalue weighted by molar-refractivity contribution is -0.126. The summed E-state index contributed by atoms with van der Waals surface area (Å²) in [6.07, 6.45) is 5.52. The number of carbonyl (C=O) groups excluding carboxylic acids is 3. The van der Waals surface area contributed by atoms with Gasteiger partial charge in [0.1, 0.15) is 12.6 Å². The summed E-state index contributed by atoms with van der Waals surface area (Å²) in [4.78, 5) is 37.1. The highest BCUT2D eigenvalue weighted by Gasteiger charge is 2.22. The standard InChI is InChI=1S/C19H24N2O3/c1-3-4-5-19(13-23)21(14-24)12-16-9-18-11-20(6-7-22)10-17(18)8-15(16)2/h3,7-9,13-14,19H,1,4-6,10-12H2,2H3. The number of hydrogen-bond acceptors (Lipinski definition) is 4. The van der Waals surface area contributed by atoms with Crippen LogP contribution in [0.2, 0.25) is 0 Å². The molecular formula is C19H24N2O3. The first-order valence-corrected chi connectivity index (χ1v) is 8.17. The van der Waals surface area contributed by atoms with E-state index in [9.17, 15) is 14.4 Å². The first-order valence-electron chi connectivity index (χ1n) is 8.17. The Morgan fingerprint density at radius 2 is 1.96 bits per heavy atom. The second-order valence-corrected chi connectivity index (χ2v) is 6.23. The molecule has 0 aromatic heterocycles. The molecule has 0 saturated heterocycles. The van der Waals surface area contributed by atoms with E-state index < -0.39 is 6.04 Å². The molecule has 0 N–H and O–H groups in total. The number of amides is 1. The molecule has 1 unspecified atom stereocenters. The largest absolute Gasteiger partial charge is 0.331 e. The number of aryl methyl sites for hydroxylation is 1. The van der Waals surface area contributed by atoms with Crippen LogP contribution in [0.3, 0.4) is 0 Å². The number of rotatable bonds is 10. The molecule has 1 aliphatic heterocycles. The first kappa shape index (κ1) is 18.1. The van der Waals surface area contributed by atoms with E-state index in [0.717, 1.165) is 43.2 Å². The third-order valence-electron chi connectivity index (χ3n) is 4.52. The predicted octanol–water partition coefficient (Wildman–Crippen LogP) is 2.00. The molecule has 1 aliphatic rings. The van der Waals surface area contributed by atoms with E-state index in [4.69, 9.17) is 0 Å². The summed E-state index contributed by atoms with van der Waals surface area (Å²) in [6.45, 7) is 8.04. The highest BCUT2D eigenvalue weighted by molar-refractivity contribution is 5.64. The Bertz CT molecular complexity index is 627. The minimum atomic E-state index is -0.431. The van der Waals surface area contributed by atoms with Crippen LogP contribution < -0.4 is 0 Å². The number of hydrogen-bond donors (Lipinski definition) is 0. The van der Waals surface area contributed by atoms with Crippen molar-refractivity contribution in [3.05, 3.63) is 47.0 Å². The van der Waals surface area contributed by atoms with Gasteiger partial charge >= 0.3 is 0 Å². The van der Waals surface area contributed by atoms with Crippen LogP contribution in [0.4, 0.5) is 0 Å². The second kappa shape index (κ2) is 8.55. The van der Waals surface area contributed by atoms with Crippen molar-refractivity contribution >= 4 is 19.0 Å². The van der Waals surface area contributed by atoms with Gasteiger partial charge in [0.2, 0.25) is 6.41 Å². The van der Waals surface area contributed by atoms with Crippen LogP contribution in [-0.4, -0.2) is 41.4 Å². The Kier molecular flexibility index (Phi) is 6.44. The van der Waals surface area contributed by atoms with Crippen molar-refractivity contribution in [3.8, 4) is 0 Å². The van der Waals surface area contributed by atoms with E-state index in [1.165, 1.54) is 11.1 Å². The van der Waals surface area contributed by atoms with Gasteiger partial charge in [-0.25, -0.2) is 0 Å². The molecule has 0 bridgehead atoms. The first-order chi connectivity index (χ1) is 11.6. The summed E-state index contributed by atoms with van der Waals surface area (Å²) in [5.74, 6) is 0. The Morgan fingerprint density at radius 1 is 1.25 bits per heavy atom. The molecule has 0 fully saturated rings. The molecule has 1 aromatic rings. The van der Waals surface area contributed by atoms with Crippen molar-refractivity contribution in [2.75, 3.05) is 6.54 Å². The molecule has 24 heavy (non-hydrogen) atoms. The summed E-state index contributed by atoms with van der Waals surface area (Å²) < 4.78 is 0. The number of allylic oxidation sites excluding steroid dienone is 1. The van der Waals surface area contributed by atoms with Crippen LogP contribution in [0.1, 0.15) is 35.1 Å². The van der Waals surface area contributed by atoms with E-state index in [-0.39, 0.29) is 0 Å². The quantitative estimate of drug-likeness (QED) is 0.487. The summed E-state index contributed by atoms with van der Waals surface area (Å²) in [5.41, 5.74) is 4.56. The van der Waals surface area contributed by atoms with Crippen molar-refractivity contribution in [2.45, 2.75) is 45.4 Å². The number of aldehydes is 2. The molecule has 128 valence electrons. The molecule has 1 amide bonds. The van der Waals surface area contributed by atoms with E-state index in [1.807, 2.05) is 6.92 Å². The van der Waals surface area contributed by atoms with Crippen molar-refractivity contribution in [1.82, 2.24) is 9.80 Å². The molecule has 2 rings (SSSR count). The molecule has 0 radical (unpaired) electrons. The maximum Gasteiger partial charge on any atom is 0.210 e. The van der Waals surface area contributed by atoms with Gasteiger partial charge in [0, 0.05) is 19.6 Å². The number of benzene rings is 1. The summed E-state index contributed by atoms with van der Waals surface area (Å²) in [5, 5.41) is 0. The number of nitrogens with zero attached hydrogens (tertiary/aromatic N) is 2.